The van der Waals surface area contributed by atoms with Gasteiger partial charge >= 0.3 is 0 Å². The van der Waals surface area contributed by atoms with Crippen LogP contribution in [0.25, 0.3) is 11.1 Å². The third-order valence-corrected chi connectivity index (χ3v) is 5.60. The molecule has 0 radical (unpaired) electrons. The summed E-state index contributed by atoms with van der Waals surface area (Å²) in [7, 11) is 0. The normalized spacial score (nSPS) is 14.4. The van der Waals surface area contributed by atoms with Crippen molar-refractivity contribution in [2.75, 3.05) is 39.5 Å². The van der Waals surface area contributed by atoms with Gasteiger partial charge in [0.2, 0.25) is 0 Å². The second kappa shape index (κ2) is 10.5. The van der Waals surface area contributed by atoms with E-state index in [9.17, 15) is 4.79 Å². The molecule has 0 saturated heterocycles. The van der Waals surface area contributed by atoms with Gasteiger partial charge in [0.1, 0.15) is 23.5 Å². The molecule has 30 heavy (non-hydrogen) atoms. The molecule has 0 amide bonds. The van der Waals surface area contributed by atoms with Gasteiger partial charge in [-0.25, -0.2) is 0 Å². The fourth-order valence-corrected chi connectivity index (χ4v) is 4.16. The summed E-state index contributed by atoms with van der Waals surface area (Å²) in [6.45, 7) is 13.1. The number of carbonyl (C=O) groups is 1. The number of rotatable bonds is 12. The van der Waals surface area contributed by atoms with Gasteiger partial charge in [0.25, 0.3) is 0 Å². The van der Waals surface area contributed by atoms with E-state index >= 15 is 0 Å². The van der Waals surface area contributed by atoms with Crippen LogP contribution >= 0.6 is 0 Å². The Morgan fingerprint density at radius 3 is 2.30 bits per heavy atom. The average molecular weight is 412 g/mol. The fraction of sp³-hybridized carbons (Fsp3) is 0.480. The second-order valence-electron chi connectivity index (χ2n) is 7.31. The SMILES string of the molecule is CCOc1cc(OCC)c2c(c1)C(C=O)c1cccc(OCCCN(CC)CC)c1-2. The van der Waals surface area contributed by atoms with Gasteiger partial charge in [-0.3, -0.25) is 0 Å². The van der Waals surface area contributed by atoms with E-state index in [2.05, 4.69) is 18.7 Å². The van der Waals surface area contributed by atoms with Crippen LogP contribution in [0.3, 0.4) is 0 Å². The number of ether oxygens (including phenoxy) is 3. The Labute approximate surface area is 179 Å². The number of aldehydes is 1. The lowest BCUT2D eigenvalue weighted by molar-refractivity contribution is -0.108. The van der Waals surface area contributed by atoms with Crippen molar-refractivity contribution in [3.8, 4) is 28.4 Å². The van der Waals surface area contributed by atoms with Crippen LogP contribution in [0.4, 0.5) is 0 Å². The minimum Gasteiger partial charge on any atom is -0.494 e. The molecule has 0 aliphatic heterocycles. The van der Waals surface area contributed by atoms with Crippen LogP contribution < -0.4 is 14.2 Å². The topological polar surface area (TPSA) is 48.0 Å². The molecular weight excluding hydrogens is 378 g/mol. The Morgan fingerprint density at radius 2 is 1.63 bits per heavy atom. The highest BCUT2D eigenvalue weighted by molar-refractivity contribution is 5.94. The van der Waals surface area contributed by atoms with Crippen LogP contribution in [0.1, 0.15) is 51.2 Å². The molecule has 0 aromatic heterocycles. The number of fused-ring (bicyclic) bond motifs is 3. The fourth-order valence-electron chi connectivity index (χ4n) is 4.16. The summed E-state index contributed by atoms with van der Waals surface area (Å²) in [5.74, 6) is 1.93. The van der Waals surface area contributed by atoms with Gasteiger partial charge in [-0.2, -0.15) is 0 Å². The van der Waals surface area contributed by atoms with E-state index in [0.717, 1.165) is 71.8 Å². The van der Waals surface area contributed by atoms with Crippen molar-refractivity contribution >= 4 is 6.29 Å². The molecule has 5 nitrogen and oxygen atoms in total. The highest BCUT2D eigenvalue weighted by Crippen LogP contribution is 2.53. The summed E-state index contributed by atoms with van der Waals surface area (Å²) in [5.41, 5.74) is 3.81. The molecule has 0 N–H and O–H groups in total. The highest BCUT2D eigenvalue weighted by Gasteiger charge is 2.34. The lowest BCUT2D eigenvalue weighted by atomic mass is 9.98. The van der Waals surface area contributed by atoms with Crippen molar-refractivity contribution in [3.05, 3.63) is 41.5 Å². The van der Waals surface area contributed by atoms with Gasteiger partial charge < -0.3 is 23.9 Å². The van der Waals surface area contributed by atoms with Gasteiger partial charge in [0.05, 0.1) is 25.7 Å². The zero-order valence-electron chi connectivity index (χ0n) is 18.6. The van der Waals surface area contributed by atoms with Gasteiger partial charge in [-0.1, -0.05) is 26.0 Å². The molecule has 1 aliphatic rings. The second-order valence-corrected chi connectivity index (χ2v) is 7.31. The highest BCUT2D eigenvalue weighted by atomic mass is 16.5. The van der Waals surface area contributed by atoms with Crippen molar-refractivity contribution in [1.29, 1.82) is 0 Å². The molecule has 0 heterocycles. The molecule has 0 saturated carbocycles. The van der Waals surface area contributed by atoms with E-state index in [-0.39, 0.29) is 5.92 Å². The monoisotopic (exact) mass is 411 g/mol. The van der Waals surface area contributed by atoms with Crippen molar-refractivity contribution in [2.24, 2.45) is 0 Å². The van der Waals surface area contributed by atoms with E-state index in [0.29, 0.717) is 19.8 Å². The first-order valence-corrected chi connectivity index (χ1v) is 11.1. The smallest absolute Gasteiger partial charge is 0.131 e. The first-order valence-electron chi connectivity index (χ1n) is 11.1. The summed E-state index contributed by atoms with van der Waals surface area (Å²) in [6, 6.07) is 9.84. The summed E-state index contributed by atoms with van der Waals surface area (Å²) >= 11 is 0. The summed E-state index contributed by atoms with van der Waals surface area (Å²) < 4.78 is 17.9. The zero-order chi connectivity index (χ0) is 21.5. The van der Waals surface area contributed by atoms with Crippen LogP contribution in [0, 0.1) is 0 Å². The first kappa shape index (κ1) is 22.2. The van der Waals surface area contributed by atoms with Gasteiger partial charge in [0, 0.05) is 23.7 Å². The zero-order valence-corrected chi connectivity index (χ0v) is 18.6. The first-order chi connectivity index (χ1) is 14.7. The number of hydrogen-bond donors (Lipinski definition) is 0. The summed E-state index contributed by atoms with van der Waals surface area (Å²) in [4.78, 5) is 14.4. The molecule has 5 heteroatoms. The average Bonchev–Trinajstić information content (AvgIpc) is 3.08. The quantitative estimate of drug-likeness (QED) is 0.367. The van der Waals surface area contributed by atoms with Crippen LogP contribution in [-0.4, -0.2) is 50.6 Å². The van der Waals surface area contributed by atoms with E-state index in [1.54, 1.807) is 0 Å². The minimum atomic E-state index is -0.339. The third-order valence-electron chi connectivity index (χ3n) is 5.60. The molecule has 1 unspecified atom stereocenters. The molecule has 1 atom stereocenters. The van der Waals surface area contributed by atoms with Crippen LogP contribution in [0.5, 0.6) is 17.2 Å². The predicted molar refractivity (Wildman–Crippen MR) is 120 cm³/mol. The largest absolute Gasteiger partial charge is 0.494 e. The van der Waals surface area contributed by atoms with Crippen LogP contribution in [0.2, 0.25) is 0 Å². The predicted octanol–water partition coefficient (Wildman–Crippen LogP) is 4.91. The maximum Gasteiger partial charge on any atom is 0.131 e. The molecule has 3 rings (SSSR count). The lowest BCUT2D eigenvalue weighted by Crippen LogP contribution is -2.25. The van der Waals surface area contributed by atoms with E-state index in [1.807, 2.05) is 44.2 Å². The van der Waals surface area contributed by atoms with Gasteiger partial charge in [-0.15, -0.1) is 0 Å². The Bertz CT molecular complexity index is 860. The molecule has 2 aromatic carbocycles. The number of nitrogens with zero attached hydrogens (tertiary/aromatic N) is 1. The summed E-state index contributed by atoms with van der Waals surface area (Å²) in [5, 5.41) is 0. The van der Waals surface area contributed by atoms with Crippen molar-refractivity contribution in [3.63, 3.8) is 0 Å². The van der Waals surface area contributed by atoms with Crippen molar-refractivity contribution < 1.29 is 19.0 Å². The summed E-state index contributed by atoms with van der Waals surface area (Å²) in [6.07, 6.45) is 1.96. The van der Waals surface area contributed by atoms with Crippen LogP contribution in [0.15, 0.2) is 30.3 Å². The lowest BCUT2D eigenvalue weighted by Gasteiger charge is -2.19. The molecule has 1 aliphatic carbocycles. The minimum absolute atomic E-state index is 0.339. The van der Waals surface area contributed by atoms with E-state index in [4.69, 9.17) is 14.2 Å². The number of carbonyl (C=O) groups excluding carboxylic acids is 1. The Balaban J connectivity index is 1.95. The standard InChI is InChI=1S/C25H33NO4/c1-5-26(6-2)13-10-14-30-22-12-9-11-19-21(17-27)20-15-18(28-7-3)16-23(29-8-4)25(20)24(19)22/h9,11-12,15-17,21H,5-8,10,13-14H2,1-4H3. The Hall–Kier alpha value is -2.53. The van der Waals surface area contributed by atoms with Crippen molar-refractivity contribution in [1.82, 2.24) is 4.90 Å². The Morgan fingerprint density at radius 1 is 0.900 bits per heavy atom. The Kier molecular flexibility index (Phi) is 7.75. The molecular formula is C25H33NO4. The maximum absolute atomic E-state index is 12.1. The van der Waals surface area contributed by atoms with Gasteiger partial charge in [0.15, 0.2) is 0 Å². The number of hydrogen-bond acceptors (Lipinski definition) is 5. The van der Waals surface area contributed by atoms with Crippen molar-refractivity contribution in [2.45, 2.75) is 40.0 Å². The van der Waals surface area contributed by atoms with E-state index in [1.165, 1.54) is 0 Å². The maximum atomic E-state index is 12.1. The molecule has 2 aromatic rings. The van der Waals surface area contributed by atoms with Gasteiger partial charge in [-0.05, 0) is 56.6 Å². The van der Waals surface area contributed by atoms with Crippen LogP contribution in [-0.2, 0) is 4.79 Å². The molecule has 0 spiro atoms. The van der Waals surface area contributed by atoms with E-state index < -0.39 is 0 Å². The number of benzene rings is 2. The molecule has 0 fully saturated rings. The third kappa shape index (κ3) is 4.46. The molecule has 0 bridgehead atoms. The molecule has 162 valence electrons.